The van der Waals surface area contributed by atoms with Crippen LogP contribution in [0.2, 0.25) is 0 Å². The normalized spacial score (nSPS) is 22.3. The molecule has 2 rings (SSSR count). The Morgan fingerprint density at radius 1 is 1.38 bits per heavy atom. The highest BCUT2D eigenvalue weighted by molar-refractivity contribution is 6.09. The third kappa shape index (κ3) is 3.34. The van der Waals surface area contributed by atoms with E-state index in [9.17, 15) is 14.4 Å². The number of carbonyl (C=O) groups is 3. The summed E-state index contributed by atoms with van der Waals surface area (Å²) in [5, 5.41) is 5.49. The van der Waals surface area contributed by atoms with Crippen LogP contribution >= 0.6 is 0 Å². The van der Waals surface area contributed by atoms with Crippen LogP contribution in [0.4, 0.5) is 4.79 Å². The van der Waals surface area contributed by atoms with Crippen LogP contribution in [0.3, 0.4) is 0 Å². The number of urea groups is 1. The van der Waals surface area contributed by atoms with Gasteiger partial charge in [-0.05, 0) is 19.8 Å². The number of nitrogens with one attached hydrogen (secondary N) is 2. The van der Waals surface area contributed by atoms with Crippen molar-refractivity contribution in [3.05, 3.63) is 0 Å². The maximum Gasteiger partial charge on any atom is 0.325 e. The second kappa shape index (κ2) is 6.43. The molecule has 0 aromatic carbocycles. The summed E-state index contributed by atoms with van der Waals surface area (Å²) in [6.45, 7) is 1.95. The van der Waals surface area contributed by atoms with E-state index in [0.717, 1.165) is 24.2 Å². The van der Waals surface area contributed by atoms with Crippen molar-refractivity contribution in [3.63, 3.8) is 0 Å². The minimum absolute atomic E-state index is 0.160. The van der Waals surface area contributed by atoms with Crippen molar-refractivity contribution in [2.24, 2.45) is 0 Å². The van der Waals surface area contributed by atoms with Crippen LogP contribution in [-0.2, 0) is 14.3 Å². The van der Waals surface area contributed by atoms with E-state index in [1.54, 1.807) is 14.0 Å². The molecular weight excluding hydrogens is 274 g/mol. The molecule has 7 nitrogen and oxygen atoms in total. The highest BCUT2D eigenvalue weighted by Crippen LogP contribution is 2.33. The molecule has 1 unspecified atom stereocenters. The van der Waals surface area contributed by atoms with E-state index in [4.69, 9.17) is 4.74 Å². The quantitative estimate of drug-likeness (QED) is 0.719. The molecular formula is C14H23N3O4. The van der Waals surface area contributed by atoms with Gasteiger partial charge in [0.05, 0.1) is 6.61 Å². The molecule has 0 bridgehead atoms. The first kappa shape index (κ1) is 15.8. The fraction of sp³-hybridized carbons (Fsp3) is 0.786. The number of rotatable bonds is 5. The van der Waals surface area contributed by atoms with E-state index in [1.807, 2.05) is 0 Å². The second-order valence-electron chi connectivity index (χ2n) is 5.89. The molecule has 118 valence electrons. The summed E-state index contributed by atoms with van der Waals surface area (Å²) < 4.78 is 4.93. The van der Waals surface area contributed by atoms with Gasteiger partial charge in [0.25, 0.3) is 5.91 Å². The van der Waals surface area contributed by atoms with Gasteiger partial charge in [-0.2, -0.15) is 0 Å². The third-order valence-electron chi connectivity index (χ3n) is 4.08. The van der Waals surface area contributed by atoms with Crippen LogP contribution in [0.5, 0.6) is 0 Å². The fourth-order valence-electron chi connectivity index (χ4n) is 3.07. The molecule has 2 N–H and O–H groups in total. The topological polar surface area (TPSA) is 87.7 Å². The molecule has 2 aliphatic rings. The van der Waals surface area contributed by atoms with Crippen LogP contribution in [0.15, 0.2) is 0 Å². The van der Waals surface area contributed by atoms with Gasteiger partial charge in [-0.1, -0.05) is 19.3 Å². The zero-order valence-corrected chi connectivity index (χ0v) is 12.6. The van der Waals surface area contributed by atoms with Crippen molar-refractivity contribution in [3.8, 4) is 0 Å². The first-order chi connectivity index (χ1) is 9.98. The minimum Gasteiger partial charge on any atom is -0.383 e. The van der Waals surface area contributed by atoms with E-state index < -0.39 is 11.6 Å². The van der Waals surface area contributed by atoms with Crippen molar-refractivity contribution < 1.29 is 19.1 Å². The first-order valence-electron chi connectivity index (χ1n) is 7.41. The average molecular weight is 297 g/mol. The zero-order chi connectivity index (χ0) is 15.5. The summed E-state index contributed by atoms with van der Waals surface area (Å²) in [5.74, 6) is -0.613. The Hall–Kier alpha value is -1.63. The lowest BCUT2D eigenvalue weighted by molar-refractivity contribution is -0.136. The zero-order valence-electron chi connectivity index (χ0n) is 12.6. The van der Waals surface area contributed by atoms with Crippen LogP contribution in [-0.4, -0.2) is 54.6 Å². The maximum atomic E-state index is 12.5. The second-order valence-corrected chi connectivity index (χ2v) is 5.89. The van der Waals surface area contributed by atoms with Crippen LogP contribution in [0.1, 0.15) is 39.0 Å². The summed E-state index contributed by atoms with van der Waals surface area (Å²) in [6, 6.07) is -0.622. The molecule has 1 aliphatic carbocycles. The Bertz CT molecular complexity index is 432. The summed E-state index contributed by atoms with van der Waals surface area (Å²) in [4.78, 5) is 37.4. The summed E-state index contributed by atoms with van der Waals surface area (Å²) in [7, 11) is 1.55. The van der Waals surface area contributed by atoms with Gasteiger partial charge in [0.1, 0.15) is 12.1 Å². The average Bonchev–Trinajstić information content (AvgIpc) is 2.64. The predicted molar refractivity (Wildman–Crippen MR) is 75.5 cm³/mol. The SMILES string of the molecule is COCC(C)NC(=O)CN1C(=O)NC2(CCCCC2)C1=O. The van der Waals surface area contributed by atoms with Gasteiger partial charge in [-0.25, -0.2) is 4.79 Å². The standard InChI is InChI=1S/C14H23N3O4/c1-10(9-21-2)15-11(18)8-17-12(19)14(16-13(17)20)6-4-3-5-7-14/h10H,3-9H2,1-2H3,(H,15,18)(H,16,20). The molecule has 1 heterocycles. The van der Waals surface area contributed by atoms with E-state index in [-0.39, 0.29) is 24.4 Å². The smallest absolute Gasteiger partial charge is 0.325 e. The Morgan fingerprint density at radius 3 is 2.67 bits per heavy atom. The number of ether oxygens (including phenoxy) is 1. The van der Waals surface area contributed by atoms with Crippen LogP contribution < -0.4 is 10.6 Å². The molecule has 21 heavy (non-hydrogen) atoms. The molecule has 1 saturated carbocycles. The van der Waals surface area contributed by atoms with E-state index in [0.29, 0.717) is 19.4 Å². The lowest BCUT2D eigenvalue weighted by Gasteiger charge is -2.30. The third-order valence-corrected chi connectivity index (χ3v) is 4.08. The first-order valence-corrected chi connectivity index (χ1v) is 7.41. The van der Waals surface area contributed by atoms with E-state index in [2.05, 4.69) is 10.6 Å². The van der Waals surface area contributed by atoms with Gasteiger partial charge < -0.3 is 15.4 Å². The van der Waals surface area contributed by atoms with Gasteiger partial charge in [-0.15, -0.1) is 0 Å². The Balaban J connectivity index is 1.95. The molecule has 1 saturated heterocycles. The summed E-state index contributed by atoms with van der Waals surface area (Å²) in [6.07, 6.45) is 4.26. The summed E-state index contributed by atoms with van der Waals surface area (Å²) in [5.41, 5.74) is -0.770. The number of carbonyl (C=O) groups excluding carboxylic acids is 3. The van der Waals surface area contributed by atoms with E-state index in [1.165, 1.54) is 0 Å². The molecule has 0 aromatic rings. The fourth-order valence-corrected chi connectivity index (χ4v) is 3.07. The Kier molecular flexibility index (Phi) is 4.82. The number of imide groups is 1. The van der Waals surface area contributed by atoms with Crippen molar-refractivity contribution in [2.45, 2.75) is 50.6 Å². The van der Waals surface area contributed by atoms with Crippen molar-refractivity contribution in [1.82, 2.24) is 15.5 Å². The Labute approximate surface area is 124 Å². The molecule has 0 aromatic heterocycles. The molecule has 1 atom stereocenters. The Morgan fingerprint density at radius 2 is 2.05 bits per heavy atom. The molecule has 1 spiro atoms. The molecule has 0 radical (unpaired) electrons. The summed E-state index contributed by atoms with van der Waals surface area (Å²) >= 11 is 0. The predicted octanol–water partition coefficient (Wildman–Crippen LogP) is 0.392. The van der Waals surface area contributed by atoms with Gasteiger partial charge in [0.2, 0.25) is 5.91 Å². The van der Waals surface area contributed by atoms with Gasteiger partial charge >= 0.3 is 6.03 Å². The monoisotopic (exact) mass is 297 g/mol. The lowest BCUT2D eigenvalue weighted by atomic mass is 9.82. The molecule has 4 amide bonds. The van der Waals surface area contributed by atoms with Gasteiger partial charge in [0, 0.05) is 13.2 Å². The highest BCUT2D eigenvalue weighted by atomic mass is 16.5. The number of hydrogen-bond donors (Lipinski definition) is 2. The molecule has 7 heteroatoms. The van der Waals surface area contributed by atoms with Gasteiger partial charge in [-0.3, -0.25) is 14.5 Å². The number of methoxy groups -OCH3 is 1. The minimum atomic E-state index is -0.770. The van der Waals surface area contributed by atoms with Crippen molar-refractivity contribution >= 4 is 17.8 Å². The highest BCUT2D eigenvalue weighted by Gasteiger charge is 2.51. The largest absolute Gasteiger partial charge is 0.383 e. The molecule has 2 fully saturated rings. The number of amides is 4. The van der Waals surface area contributed by atoms with Crippen molar-refractivity contribution in [1.29, 1.82) is 0 Å². The maximum absolute atomic E-state index is 12.5. The van der Waals surface area contributed by atoms with Crippen molar-refractivity contribution in [2.75, 3.05) is 20.3 Å². The van der Waals surface area contributed by atoms with Crippen LogP contribution in [0.25, 0.3) is 0 Å². The lowest BCUT2D eigenvalue weighted by Crippen LogP contribution is -2.49. The number of hydrogen-bond acceptors (Lipinski definition) is 4. The van der Waals surface area contributed by atoms with Crippen LogP contribution in [0, 0.1) is 0 Å². The molecule has 1 aliphatic heterocycles. The number of nitrogens with zero attached hydrogens (tertiary/aromatic N) is 1. The van der Waals surface area contributed by atoms with Gasteiger partial charge in [0.15, 0.2) is 0 Å². The van der Waals surface area contributed by atoms with E-state index >= 15 is 0 Å².